The Labute approximate surface area is 197 Å². The zero-order valence-electron chi connectivity index (χ0n) is 20.1. The Morgan fingerprint density at radius 2 is 2.15 bits per heavy atom. The van der Waals surface area contributed by atoms with Crippen molar-refractivity contribution in [1.29, 1.82) is 0 Å². The van der Waals surface area contributed by atoms with Gasteiger partial charge in [-0.05, 0) is 50.3 Å². The van der Waals surface area contributed by atoms with Crippen LogP contribution in [0, 0.1) is 0 Å². The van der Waals surface area contributed by atoms with Crippen molar-refractivity contribution in [2.75, 3.05) is 20.1 Å². The first-order chi connectivity index (χ1) is 15.9. The van der Waals surface area contributed by atoms with Crippen LogP contribution in [0.25, 0.3) is 0 Å². The van der Waals surface area contributed by atoms with Crippen molar-refractivity contribution >= 4 is 5.91 Å². The molecule has 2 aliphatic carbocycles. The van der Waals surface area contributed by atoms with E-state index in [0.29, 0.717) is 25.0 Å². The molecule has 1 aromatic rings. The lowest BCUT2D eigenvalue weighted by atomic mass is 9.48. The standard InChI is InChI=1S/C27H38N2O4/c1-4-6-7-8-9-22(31)28(3)19-12-13-27(32)21-17-18-10-11-20(30)24-23(18)26(27,25(19)33-24)14-16-29(21)15-5-2/h5,10-11,19,21,25,30,32H,2,4,6-9,12-17H2,1,3H3/t19-,21+,25-,26-,27+/m0/s1. The van der Waals surface area contributed by atoms with Gasteiger partial charge in [-0.25, -0.2) is 0 Å². The van der Waals surface area contributed by atoms with E-state index >= 15 is 0 Å². The molecule has 1 amide bonds. The highest BCUT2D eigenvalue weighted by Gasteiger charge is 2.73. The lowest BCUT2D eigenvalue weighted by Crippen LogP contribution is -2.78. The van der Waals surface area contributed by atoms with Crippen molar-refractivity contribution in [3.05, 3.63) is 35.9 Å². The van der Waals surface area contributed by atoms with Crippen LogP contribution < -0.4 is 4.74 Å². The molecule has 5 atom stereocenters. The average molecular weight is 455 g/mol. The van der Waals surface area contributed by atoms with Crippen LogP contribution in [0.3, 0.4) is 0 Å². The number of carbonyl (C=O) groups is 1. The van der Waals surface area contributed by atoms with E-state index in [0.717, 1.165) is 62.7 Å². The van der Waals surface area contributed by atoms with Crippen LogP contribution in [-0.4, -0.2) is 69.8 Å². The molecular formula is C27H38N2O4. The van der Waals surface area contributed by atoms with E-state index in [4.69, 9.17) is 4.74 Å². The van der Waals surface area contributed by atoms with E-state index in [1.165, 1.54) is 0 Å². The molecule has 1 spiro atoms. The van der Waals surface area contributed by atoms with Crippen molar-refractivity contribution in [1.82, 2.24) is 9.80 Å². The minimum Gasteiger partial charge on any atom is -0.504 e. The molecule has 4 aliphatic rings. The second-order valence-electron chi connectivity index (χ2n) is 10.6. The molecule has 1 saturated carbocycles. The third-order valence-electron chi connectivity index (χ3n) is 9.04. The maximum Gasteiger partial charge on any atom is 0.222 e. The Bertz CT molecular complexity index is 948. The highest BCUT2D eigenvalue weighted by molar-refractivity contribution is 5.76. The number of rotatable bonds is 8. The highest BCUT2D eigenvalue weighted by atomic mass is 16.5. The maximum atomic E-state index is 13.1. The van der Waals surface area contributed by atoms with E-state index in [1.807, 2.05) is 24.1 Å². The van der Waals surface area contributed by atoms with Gasteiger partial charge in [-0.2, -0.15) is 0 Å². The summed E-state index contributed by atoms with van der Waals surface area (Å²) >= 11 is 0. The summed E-state index contributed by atoms with van der Waals surface area (Å²) in [7, 11) is 1.90. The summed E-state index contributed by atoms with van der Waals surface area (Å²) in [6, 6.07) is 3.58. The molecular weight excluding hydrogens is 416 g/mol. The summed E-state index contributed by atoms with van der Waals surface area (Å²) in [5, 5.41) is 23.1. The number of unbranched alkanes of at least 4 members (excludes halogenated alkanes) is 3. The topological polar surface area (TPSA) is 73.2 Å². The summed E-state index contributed by atoms with van der Waals surface area (Å²) in [5.41, 5.74) is 0.601. The number of ether oxygens (including phenoxy) is 1. The van der Waals surface area contributed by atoms with E-state index in [1.54, 1.807) is 6.07 Å². The Hall–Kier alpha value is -2.05. The fourth-order valence-corrected chi connectivity index (χ4v) is 7.45. The highest BCUT2D eigenvalue weighted by Crippen LogP contribution is 2.65. The number of aromatic hydroxyl groups is 1. The fraction of sp³-hybridized carbons (Fsp3) is 0.667. The van der Waals surface area contributed by atoms with Gasteiger partial charge in [0.05, 0.1) is 17.1 Å². The second kappa shape index (κ2) is 8.31. The predicted molar refractivity (Wildman–Crippen MR) is 128 cm³/mol. The minimum absolute atomic E-state index is 0.0191. The predicted octanol–water partition coefficient (Wildman–Crippen LogP) is 3.53. The number of benzene rings is 1. The average Bonchev–Trinajstić information content (AvgIpc) is 3.15. The number of phenols is 1. The summed E-state index contributed by atoms with van der Waals surface area (Å²) < 4.78 is 6.55. The molecule has 2 aliphatic heterocycles. The van der Waals surface area contributed by atoms with Crippen molar-refractivity contribution in [2.24, 2.45) is 0 Å². The molecule has 0 radical (unpaired) electrons. The molecule has 0 aromatic heterocycles. The quantitative estimate of drug-likeness (QED) is 0.464. The molecule has 1 saturated heterocycles. The van der Waals surface area contributed by atoms with Crippen molar-refractivity contribution in [3.63, 3.8) is 0 Å². The number of piperidine rings is 1. The fourth-order valence-electron chi connectivity index (χ4n) is 7.45. The molecule has 33 heavy (non-hydrogen) atoms. The zero-order chi connectivity index (χ0) is 23.4. The molecule has 1 aromatic carbocycles. The van der Waals surface area contributed by atoms with Crippen LogP contribution in [-0.2, 0) is 16.6 Å². The van der Waals surface area contributed by atoms with Crippen LogP contribution >= 0.6 is 0 Å². The number of likely N-dealkylation sites (tertiary alicyclic amines) is 1. The van der Waals surface area contributed by atoms with Gasteiger partial charge in [-0.15, -0.1) is 6.58 Å². The molecule has 5 rings (SSSR count). The van der Waals surface area contributed by atoms with Crippen molar-refractivity contribution in [3.8, 4) is 11.5 Å². The van der Waals surface area contributed by atoms with Gasteiger partial charge in [0, 0.05) is 31.6 Å². The smallest absolute Gasteiger partial charge is 0.222 e. The monoisotopic (exact) mass is 454 g/mol. The lowest BCUT2D eigenvalue weighted by molar-refractivity contribution is -0.198. The number of amides is 1. The number of hydrogen-bond acceptors (Lipinski definition) is 5. The Morgan fingerprint density at radius 1 is 1.33 bits per heavy atom. The Morgan fingerprint density at radius 3 is 2.91 bits per heavy atom. The first-order valence-electron chi connectivity index (χ1n) is 12.7. The number of likely N-dealkylation sites (N-methyl/N-ethyl adjacent to an activating group) is 1. The third-order valence-corrected chi connectivity index (χ3v) is 9.04. The number of aliphatic hydroxyl groups is 1. The molecule has 2 heterocycles. The summed E-state index contributed by atoms with van der Waals surface area (Å²) in [4.78, 5) is 17.4. The van der Waals surface area contributed by atoms with Gasteiger partial charge in [0.25, 0.3) is 0 Å². The molecule has 2 fully saturated rings. The molecule has 2 N–H and O–H groups in total. The van der Waals surface area contributed by atoms with Crippen molar-refractivity contribution in [2.45, 2.75) is 93.9 Å². The van der Waals surface area contributed by atoms with Gasteiger partial charge in [0.2, 0.25) is 5.91 Å². The van der Waals surface area contributed by atoms with Crippen LogP contribution in [0.15, 0.2) is 24.8 Å². The van der Waals surface area contributed by atoms with E-state index in [9.17, 15) is 15.0 Å². The summed E-state index contributed by atoms with van der Waals surface area (Å²) in [6.45, 7) is 7.69. The Balaban J connectivity index is 1.52. The van der Waals surface area contributed by atoms with Crippen LogP contribution in [0.4, 0.5) is 0 Å². The van der Waals surface area contributed by atoms with Gasteiger partial charge in [-0.1, -0.05) is 38.3 Å². The van der Waals surface area contributed by atoms with E-state index in [-0.39, 0.29) is 29.8 Å². The maximum absolute atomic E-state index is 13.1. The summed E-state index contributed by atoms with van der Waals surface area (Å²) in [6.07, 6.45) is 9.21. The molecule has 6 heteroatoms. The van der Waals surface area contributed by atoms with Crippen LogP contribution in [0.2, 0.25) is 0 Å². The molecule has 0 unspecified atom stereocenters. The van der Waals surface area contributed by atoms with Gasteiger partial charge in [0.15, 0.2) is 11.5 Å². The van der Waals surface area contributed by atoms with Crippen LogP contribution in [0.5, 0.6) is 11.5 Å². The van der Waals surface area contributed by atoms with Gasteiger partial charge in [-0.3, -0.25) is 9.69 Å². The molecule has 6 nitrogen and oxygen atoms in total. The van der Waals surface area contributed by atoms with Gasteiger partial charge >= 0.3 is 0 Å². The minimum atomic E-state index is -0.952. The molecule has 180 valence electrons. The van der Waals surface area contributed by atoms with Crippen LogP contribution in [0.1, 0.15) is 69.4 Å². The summed E-state index contributed by atoms with van der Waals surface area (Å²) in [5.74, 6) is 0.819. The SMILES string of the molecule is C=CCN1CC[C@]23c4c5ccc(O)c4O[C@H]2[C@@H](N(C)C(=O)CCCCCC)CC[C@@]3(O)[C@H]1C5. The van der Waals surface area contributed by atoms with E-state index in [2.05, 4.69) is 18.4 Å². The second-order valence-corrected chi connectivity index (χ2v) is 10.6. The van der Waals surface area contributed by atoms with Gasteiger partial charge in [0.1, 0.15) is 6.10 Å². The normalized spacial score (nSPS) is 33.8. The first-order valence-corrected chi connectivity index (χ1v) is 12.7. The van der Waals surface area contributed by atoms with E-state index < -0.39 is 11.0 Å². The Kier molecular flexibility index (Phi) is 5.73. The largest absolute Gasteiger partial charge is 0.504 e. The number of phenolic OH excluding ortho intramolecular Hbond substituents is 1. The van der Waals surface area contributed by atoms with Gasteiger partial charge < -0.3 is 19.8 Å². The number of carbonyl (C=O) groups excluding carboxylic acids is 1. The third kappa shape index (κ3) is 3.09. The first kappa shape index (κ1) is 22.7. The molecule has 2 bridgehead atoms. The number of nitrogens with zero attached hydrogens (tertiary/aromatic N) is 2. The number of hydrogen-bond donors (Lipinski definition) is 2. The zero-order valence-corrected chi connectivity index (χ0v) is 20.1. The van der Waals surface area contributed by atoms with Crippen molar-refractivity contribution < 1.29 is 19.7 Å². The lowest BCUT2D eigenvalue weighted by Gasteiger charge is -2.64.